The monoisotopic (exact) mass is 324 g/mol. The number of hydrogen-bond acceptors (Lipinski definition) is 4. The first-order chi connectivity index (χ1) is 10.5. The number of halogens is 1. The van der Waals surface area contributed by atoms with Gasteiger partial charge in [0.2, 0.25) is 10.0 Å². The van der Waals surface area contributed by atoms with Crippen LogP contribution in [0.4, 0.5) is 4.39 Å². The molecule has 2 unspecified atom stereocenters. The maximum atomic E-state index is 13.5. The number of aromatic nitrogens is 1. The van der Waals surface area contributed by atoms with Crippen LogP contribution in [0.3, 0.4) is 0 Å². The normalized spacial score (nSPS) is 23.0. The minimum Gasteiger partial charge on any atom is -0.364 e. The Morgan fingerprint density at radius 2 is 2.23 bits per heavy atom. The molecule has 0 bridgehead atoms. The zero-order chi connectivity index (χ0) is 15.7. The molecule has 0 aliphatic carbocycles. The molecule has 1 aromatic heterocycles. The number of sulfonamides is 1. The molecule has 2 aromatic rings. The third kappa shape index (κ3) is 2.91. The highest BCUT2D eigenvalue weighted by atomic mass is 32.2. The zero-order valence-corrected chi connectivity index (χ0v) is 13.0. The molecule has 1 aliphatic rings. The van der Waals surface area contributed by atoms with E-state index in [1.807, 2.05) is 6.92 Å². The Kier molecular flexibility index (Phi) is 4.01. The molecule has 0 radical (unpaired) electrons. The molecule has 1 aliphatic heterocycles. The molecule has 22 heavy (non-hydrogen) atoms. The lowest BCUT2D eigenvalue weighted by Gasteiger charge is -2.26. The Balaban J connectivity index is 1.91. The lowest BCUT2D eigenvalue weighted by Crippen LogP contribution is -2.33. The summed E-state index contributed by atoms with van der Waals surface area (Å²) >= 11 is 0. The smallest absolute Gasteiger partial charge is 0.220 e. The average molecular weight is 324 g/mol. The molecule has 0 saturated carbocycles. The van der Waals surface area contributed by atoms with E-state index in [4.69, 9.17) is 0 Å². The van der Waals surface area contributed by atoms with Gasteiger partial charge in [-0.25, -0.2) is 12.8 Å². The van der Waals surface area contributed by atoms with Crippen LogP contribution >= 0.6 is 0 Å². The Morgan fingerprint density at radius 3 is 2.91 bits per heavy atom. The van der Waals surface area contributed by atoms with Gasteiger partial charge >= 0.3 is 0 Å². The molecular weight excluding hydrogens is 307 g/mol. The largest absolute Gasteiger partial charge is 0.364 e. The molecule has 0 amide bonds. The molecule has 5 nitrogen and oxygen atoms in total. The fraction of sp³-hybridized carbons (Fsp3) is 0.400. The van der Waals surface area contributed by atoms with E-state index in [1.165, 1.54) is 28.8 Å². The van der Waals surface area contributed by atoms with E-state index in [2.05, 4.69) is 9.68 Å². The van der Waals surface area contributed by atoms with E-state index in [0.29, 0.717) is 17.8 Å². The second-order valence-electron chi connectivity index (χ2n) is 5.62. The molecule has 2 atom stereocenters. The van der Waals surface area contributed by atoms with Gasteiger partial charge in [0.25, 0.3) is 0 Å². The lowest BCUT2D eigenvalue weighted by atomic mass is 9.96. The lowest BCUT2D eigenvalue weighted by molar-refractivity contribution is 0.354. The summed E-state index contributed by atoms with van der Waals surface area (Å²) in [7, 11) is -3.54. The van der Waals surface area contributed by atoms with Gasteiger partial charge in [0, 0.05) is 12.6 Å². The van der Waals surface area contributed by atoms with Crippen molar-refractivity contribution >= 4 is 10.0 Å². The third-order valence-electron chi connectivity index (χ3n) is 4.02. The molecule has 1 aromatic carbocycles. The average Bonchev–Trinajstić information content (AvgIpc) is 3.08. The van der Waals surface area contributed by atoms with Crippen LogP contribution in [0.2, 0.25) is 0 Å². The van der Waals surface area contributed by atoms with E-state index in [-0.39, 0.29) is 23.5 Å². The van der Waals surface area contributed by atoms with Crippen molar-refractivity contribution in [2.45, 2.75) is 25.1 Å². The molecule has 118 valence electrons. The van der Waals surface area contributed by atoms with Crippen LogP contribution in [0.15, 0.2) is 41.1 Å². The van der Waals surface area contributed by atoms with Crippen LogP contribution in [0.5, 0.6) is 0 Å². The molecular formula is C15H17FN2O3S. The van der Waals surface area contributed by atoms with Crippen molar-refractivity contribution in [2.24, 2.45) is 5.92 Å². The zero-order valence-electron chi connectivity index (χ0n) is 12.1. The topological polar surface area (TPSA) is 63.4 Å². The van der Waals surface area contributed by atoms with E-state index in [0.717, 1.165) is 6.42 Å². The fourth-order valence-corrected chi connectivity index (χ4v) is 4.74. The van der Waals surface area contributed by atoms with Crippen molar-refractivity contribution in [3.05, 3.63) is 53.7 Å². The summed E-state index contributed by atoms with van der Waals surface area (Å²) in [4.78, 5) is 0. The number of nitrogens with zero attached hydrogens (tertiary/aromatic N) is 2. The van der Waals surface area contributed by atoms with E-state index in [1.54, 1.807) is 12.1 Å². The molecule has 1 saturated heterocycles. The van der Waals surface area contributed by atoms with E-state index >= 15 is 0 Å². The minimum atomic E-state index is -3.54. The van der Waals surface area contributed by atoms with Crippen LogP contribution in [-0.4, -0.2) is 24.4 Å². The highest BCUT2D eigenvalue weighted by Crippen LogP contribution is 2.39. The first-order valence-electron chi connectivity index (χ1n) is 7.11. The van der Waals surface area contributed by atoms with Crippen LogP contribution in [-0.2, 0) is 15.8 Å². The Bertz CT molecular complexity index is 746. The number of benzene rings is 1. The molecule has 0 spiro atoms. The first-order valence-corrected chi connectivity index (χ1v) is 8.72. The summed E-state index contributed by atoms with van der Waals surface area (Å²) in [6.45, 7) is 2.42. The van der Waals surface area contributed by atoms with Crippen molar-refractivity contribution in [3.8, 4) is 0 Å². The van der Waals surface area contributed by atoms with Gasteiger partial charge in [-0.2, -0.15) is 4.31 Å². The van der Waals surface area contributed by atoms with Gasteiger partial charge in [-0.1, -0.05) is 24.2 Å². The van der Waals surface area contributed by atoms with Gasteiger partial charge in [-0.3, -0.25) is 0 Å². The van der Waals surface area contributed by atoms with Crippen molar-refractivity contribution in [1.29, 1.82) is 0 Å². The van der Waals surface area contributed by atoms with Crippen molar-refractivity contribution < 1.29 is 17.3 Å². The summed E-state index contributed by atoms with van der Waals surface area (Å²) < 4.78 is 45.0. The number of rotatable bonds is 4. The second kappa shape index (κ2) is 5.81. The Hall–Kier alpha value is -1.73. The standard InChI is InChI=1S/C15H17FN2O3S/c1-11-5-7-18(15(11)12-3-2-4-13(16)9-12)22(19,20)10-14-6-8-21-17-14/h2-4,6,8-9,11,15H,5,7,10H2,1H3. The maximum Gasteiger partial charge on any atom is 0.220 e. The van der Waals surface area contributed by atoms with Crippen LogP contribution in [0.25, 0.3) is 0 Å². The fourth-order valence-electron chi connectivity index (χ4n) is 2.99. The SMILES string of the molecule is CC1CCN(S(=O)(=O)Cc2ccon2)C1c1cccc(F)c1. The maximum absolute atomic E-state index is 13.5. The molecule has 0 N–H and O–H groups in total. The highest BCUT2D eigenvalue weighted by Gasteiger charge is 2.40. The molecule has 7 heteroatoms. The minimum absolute atomic E-state index is 0.133. The summed E-state index contributed by atoms with van der Waals surface area (Å²) in [5, 5.41) is 3.66. The van der Waals surface area contributed by atoms with Crippen LogP contribution in [0, 0.1) is 11.7 Å². The predicted molar refractivity (Wildman–Crippen MR) is 78.8 cm³/mol. The summed E-state index contributed by atoms with van der Waals surface area (Å²) in [6.07, 6.45) is 2.10. The van der Waals surface area contributed by atoms with Crippen LogP contribution < -0.4 is 0 Å². The predicted octanol–water partition coefficient (Wildman–Crippen LogP) is 2.73. The summed E-state index contributed by atoms with van der Waals surface area (Å²) in [6, 6.07) is 7.34. The third-order valence-corrected chi connectivity index (χ3v) is 5.81. The van der Waals surface area contributed by atoms with E-state index in [9.17, 15) is 12.8 Å². The van der Waals surface area contributed by atoms with E-state index < -0.39 is 10.0 Å². The van der Waals surface area contributed by atoms with Crippen molar-refractivity contribution in [1.82, 2.24) is 9.46 Å². The quantitative estimate of drug-likeness (QED) is 0.867. The van der Waals surface area contributed by atoms with Gasteiger partial charge < -0.3 is 4.52 Å². The van der Waals surface area contributed by atoms with Crippen LogP contribution in [0.1, 0.15) is 30.6 Å². The first kappa shape index (κ1) is 15.2. The van der Waals surface area contributed by atoms with Crippen molar-refractivity contribution in [2.75, 3.05) is 6.54 Å². The molecule has 3 rings (SSSR count). The number of hydrogen-bond donors (Lipinski definition) is 0. The van der Waals surface area contributed by atoms with Gasteiger partial charge in [0.05, 0.1) is 11.7 Å². The summed E-state index contributed by atoms with van der Waals surface area (Å²) in [5.74, 6) is -0.429. The molecule has 2 heterocycles. The molecule has 1 fully saturated rings. The van der Waals surface area contributed by atoms with Gasteiger partial charge in [0.1, 0.15) is 17.8 Å². The summed E-state index contributed by atoms with van der Waals surface area (Å²) in [5.41, 5.74) is 1.06. The Labute approximate surface area is 128 Å². The van der Waals surface area contributed by atoms with Gasteiger partial charge in [0.15, 0.2) is 0 Å². The second-order valence-corrected chi connectivity index (χ2v) is 7.55. The van der Waals surface area contributed by atoms with Gasteiger partial charge in [-0.05, 0) is 30.0 Å². The van der Waals surface area contributed by atoms with Gasteiger partial charge in [-0.15, -0.1) is 0 Å². The Morgan fingerprint density at radius 1 is 1.41 bits per heavy atom. The van der Waals surface area contributed by atoms with Crippen molar-refractivity contribution in [3.63, 3.8) is 0 Å². The highest BCUT2D eigenvalue weighted by molar-refractivity contribution is 7.88.